The van der Waals surface area contributed by atoms with E-state index in [2.05, 4.69) is 0 Å². The topological polar surface area (TPSA) is 43.4 Å². The molecule has 2 heterocycles. The molecule has 0 unspecified atom stereocenters. The minimum atomic E-state index is -0.347. The second kappa shape index (κ2) is 2.27. The highest BCUT2D eigenvalue weighted by molar-refractivity contribution is 5.95. The van der Waals surface area contributed by atoms with E-state index >= 15 is 0 Å². The fourth-order valence-corrected chi connectivity index (χ4v) is 1.53. The van der Waals surface area contributed by atoms with Crippen molar-refractivity contribution in [3.63, 3.8) is 0 Å². The lowest BCUT2D eigenvalue weighted by Gasteiger charge is -2.12. The van der Waals surface area contributed by atoms with Crippen LogP contribution < -0.4 is 0 Å². The van der Waals surface area contributed by atoms with Crippen LogP contribution in [0.4, 0.5) is 0 Å². The predicted octanol–water partition coefficient (Wildman–Crippen LogP) is 0.0979. The van der Waals surface area contributed by atoms with E-state index in [-0.39, 0.29) is 23.9 Å². The molecule has 1 saturated heterocycles. The third-order valence-corrected chi connectivity index (χ3v) is 2.17. The molecule has 0 aromatic heterocycles. The Morgan fingerprint density at radius 1 is 1.64 bits per heavy atom. The van der Waals surface area contributed by atoms with Gasteiger partial charge >= 0.3 is 0 Å². The summed E-state index contributed by atoms with van der Waals surface area (Å²) in [7, 11) is 0. The zero-order chi connectivity index (χ0) is 7.84. The Morgan fingerprint density at radius 2 is 2.45 bits per heavy atom. The Hall–Kier alpha value is -0.960. The van der Waals surface area contributed by atoms with Gasteiger partial charge in [-0.05, 0) is 12.5 Å². The number of ketones is 1. The first-order valence-electron chi connectivity index (χ1n) is 3.64. The first-order chi connectivity index (χ1) is 5.31. The maximum absolute atomic E-state index is 11.0. The number of carbonyl (C=O) groups is 2. The molecule has 2 bridgehead atoms. The molecule has 0 spiro atoms. The summed E-state index contributed by atoms with van der Waals surface area (Å²) in [5.41, 5.74) is 0. The zero-order valence-corrected chi connectivity index (χ0v) is 5.90. The molecular formula is C8H8O3. The molecule has 0 amide bonds. The van der Waals surface area contributed by atoms with Gasteiger partial charge in [0.1, 0.15) is 12.4 Å². The predicted molar refractivity (Wildman–Crippen MR) is 37.0 cm³/mol. The molecule has 0 aliphatic carbocycles. The molecule has 2 rings (SSSR count). The van der Waals surface area contributed by atoms with Crippen molar-refractivity contribution in [3.8, 4) is 0 Å². The largest absolute Gasteiger partial charge is 0.362 e. The monoisotopic (exact) mass is 152 g/mol. The van der Waals surface area contributed by atoms with Crippen molar-refractivity contribution < 1.29 is 14.3 Å². The molecule has 3 heteroatoms. The van der Waals surface area contributed by atoms with Gasteiger partial charge in [0.2, 0.25) is 0 Å². The summed E-state index contributed by atoms with van der Waals surface area (Å²) < 4.78 is 5.25. The van der Waals surface area contributed by atoms with E-state index in [1.807, 2.05) is 0 Å². The van der Waals surface area contributed by atoms with Crippen molar-refractivity contribution in [1.29, 1.82) is 0 Å². The summed E-state index contributed by atoms with van der Waals surface area (Å²) in [6, 6.07) is 0. The molecule has 11 heavy (non-hydrogen) atoms. The van der Waals surface area contributed by atoms with E-state index in [1.165, 1.54) is 6.08 Å². The van der Waals surface area contributed by atoms with Gasteiger partial charge in [0.15, 0.2) is 5.78 Å². The van der Waals surface area contributed by atoms with E-state index in [1.54, 1.807) is 6.08 Å². The molecule has 2 aliphatic rings. The van der Waals surface area contributed by atoms with Crippen LogP contribution in [0.3, 0.4) is 0 Å². The lowest BCUT2D eigenvalue weighted by atomic mass is 10.0. The van der Waals surface area contributed by atoms with Crippen LogP contribution in [0.2, 0.25) is 0 Å². The van der Waals surface area contributed by atoms with Gasteiger partial charge in [0, 0.05) is 5.92 Å². The van der Waals surface area contributed by atoms with Gasteiger partial charge in [-0.15, -0.1) is 0 Å². The zero-order valence-electron chi connectivity index (χ0n) is 5.90. The SMILES string of the molecule is O=C[C@H]1C[C@H]2O[C@H]1C=CC2=O. The second-order valence-corrected chi connectivity index (χ2v) is 2.89. The molecule has 3 nitrogen and oxygen atoms in total. The smallest absolute Gasteiger partial charge is 0.184 e. The highest BCUT2D eigenvalue weighted by Gasteiger charge is 2.39. The van der Waals surface area contributed by atoms with Crippen LogP contribution in [-0.4, -0.2) is 24.3 Å². The third kappa shape index (κ3) is 0.922. The second-order valence-electron chi connectivity index (χ2n) is 2.89. The Balaban J connectivity index is 2.25. The molecule has 0 N–H and O–H groups in total. The molecule has 0 aromatic carbocycles. The lowest BCUT2D eigenvalue weighted by molar-refractivity contribution is -0.125. The van der Waals surface area contributed by atoms with Gasteiger partial charge in [0.25, 0.3) is 0 Å². The number of hydrogen-bond acceptors (Lipinski definition) is 3. The lowest BCUT2D eigenvalue weighted by Crippen LogP contribution is -2.23. The van der Waals surface area contributed by atoms with Crippen LogP contribution in [-0.2, 0) is 14.3 Å². The van der Waals surface area contributed by atoms with Gasteiger partial charge in [-0.25, -0.2) is 0 Å². The summed E-state index contributed by atoms with van der Waals surface area (Å²) in [6.45, 7) is 0. The third-order valence-electron chi connectivity index (χ3n) is 2.17. The number of carbonyl (C=O) groups excluding carboxylic acids is 2. The quantitative estimate of drug-likeness (QED) is 0.500. The minimum absolute atomic E-state index is 0.00870. The Kier molecular flexibility index (Phi) is 1.39. The Morgan fingerprint density at radius 3 is 3.09 bits per heavy atom. The fourth-order valence-electron chi connectivity index (χ4n) is 1.53. The number of hydrogen-bond donors (Lipinski definition) is 0. The van der Waals surface area contributed by atoms with Gasteiger partial charge in [-0.3, -0.25) is 4.79 Å². The number of aldehydes is 1. The van der Waals surface area contributed by atoms with E-state index in [4.69, 9.17) is 4.74 Å². The van der Waals surface area contributed by atoms with Gasteiger partial charge in [0.05, 0.1) is 6.10 Å². The Bertz CT molecular complexity index is 231. The number of ether oxygens (including phenoxy) is 1. The Labute approximate surface area is 64.0 Å². The molecule has 3 atom stereocenters. The molecule has 58 valence electrons. The van der Waals surface area contributed by atoms with E-state index in [9.17, 15) is 9.59 Å². The molecule has 0 radical (unpaired) electrons. The summed E-state index contributed by atoms with van der Waals surface area (Å²) in [4.78, 5) is 21.4. The van der Waals surface area contributed by atoms with Gasteiger partial charge in [-0.1, -0.05) is 6.08 Å². The van der Waals surface area contributed by atoms with Crippen LogP contribution in [0.15, 0.2) is 12.2 Å². The van der Waals surface area contributed by atoms with Crippen LogP contribution in [0.1, 0.15) is 6.42 Å². The molecule has 0 saturated carbocycles. The summed E-state index contributed by atoms with van der Waals surface area (Å²) in [5, 5.41) is 0. The highest BCUT2D eigenvalue weighted by atomic mass is 16.5. The van der Waals surface area contributed by atoms with Crippen molar-refractivity contribution in [3.05, 3.63) is 12.2 Å². The van der Waals surface area contributed by atoms with Crippen molar-refractivity contribution >= 4 is 12.1 Å². The standard InChI is InChI=1S/C8H8O3/c9-4-5-3-8-6(10)1-2-7(5)11-8/h1-2,4-5,7-8H,3H2/t5-,7+,8-/m1/s1. The molecule has 1 fully saturated rings. The maximum atomic E-state index is 11.0. The minimum Gasteiger partial charge on any atom is -0.362 e. The van der Waals surface area contributed by atoms with Gasteiger partial charge < -0.3 is 9.53 Å². The van der Waals surface area contributed by atoms with Gasteiger partial charge in [-0.2, -0.15) is 0 Å². The number of rotatable bonds is 1. The van der Waals surface area contributed by atoms with Crippen molar-refractivity contribution in [2.45, 2.75) is 18.6 Å². The summed E-state index contributed by atoms with van der Waals surface area (Å²) in [6.07, 6.45) is 4.12. The summed E-state index contributed by atoms with van der Waals surface area (Å²) in [5.74, 6) is -0.117. The van der Waals surface area contributed by atoms with E-state index in [0.717, 1.165) is 6.29 Å². The van der Waals surface area contributed by atoms with E-state index < -0.39 is 0 Å². The maximum Gasteiger partial charge on any atom is 0.184 e. The average Bonchev–Trinajstić information content (AvgIpc) is 2.37. The molecule has 2 aliphatic heterocycles. The van der Waals surface area contributed by atoms with Crippen LogP contribution in [0.25, 0.3) is 0 Å². The normalized spacial score (nSPS) is 41.1. The van der Waals surface area contributed by atoms with E-state index in [0.29, 0.717) is 6.42 Å². The van der Waals surface area contributed by atoms with Crippen molar-refractivity contribution in [2.75, 3.05) is 0 Å². The first-order valence-corrected chi connectivity index (χ1v) is 3.64. The summed E-state index contributed by atoms with van der Waals surface area (Å²) >= 11 is 0. The highest BCUT2D eigenvalue weighted by Crippen LogP contribution is 2.29. The van der Waals surface area contributed by atoms with Crippen LogP contribution in [0, 0.1) is 5.92 Å². The fraction of sp³-hybridized carbons (Fsp3) is 0.500. The molecule has 0 aromatic rings. The van der Waals surface area contributed by atoms with Crippen molar-refractivity contribution in [1.82, 2.24) is 0 Å². The van der Waals surface area contributed by atoms with Crippen LogP contribution >= 0.6 is 0 Å². The number of fused-ring (bicyclic) bond motifs is 2. The van der Waals surface area contributed by atoms with Crippen LogP contribution in [0.5, 0.6) is 0 Å². The average molecular weight is 152 g/mol. The van der Waals surface area contributed by atoms with Crippen molar-refractivity contribution in [2.24, 2.45) is 5.92 Å². The molecular weight excluding hydrogens is 144 g/mol. The first kappa shape index (κ1) is 6.73.